The summed E-state index contributed by atoms with van der Waals surface area (Å²) in [7, 11) is 0. The molecule has 2 bridgehead atoms. The van der Waals surface area contributed by atoms with Crippen molar-refractivity contribution in [3.63, 3.8) is 0 Å². The minimum Gasteiger partial charge on any atom is -0.477 e. The van der Waals surface area contributed by atoms with Gasteiger partial charge in [-0.15, -0.1) is 0 Å². The van der Waals surface area contributed by atoms with Crippen LogP contribution in [0.15, 0.2) is 18.2 Å². The van der Waals surface area contributed by atoms with E-state index in [0.717, 1.165) is 16.7 Å². The van der Waals surface area contributed by atoms with Gasteiger partial charge in [-0.05, 0) is 48.7 Å². The van der Waals surface area contributed by atoms with Gasteiger partial charge in [-0.3, -0.25) is 0 Å². The monoisotopic (exact) mass is 435 g/mol. The van der Waals surface area contributed by atoms with E-state index in [9.17, 15) is 8.78 Å². The quantitative estimate of drug-likeness (QED) is 0.692. The summed E-state index contributed by atoms with van der Waals surface area (Å²) in [5.41, 5.74) is 0.136. The van der Waals surface area contributed by atoms with Crippen molar-refractivity contribution >= 4 is 12.0 Å². The van der Waals surface area contributed by atoms with E-state index in [1.54, 1.807) is 12.1 Å². The van der Waals surface area contributed by atoms with Gasteiger partial charge in [0.15, 0.2) is 0 Å². The normalized spacial score (nSPS) is 26.2. The predicted octanol–water partition coefficient (Wildman–Crippen LogP) is 4.46. The summed E-state index contributed by atoms with van der Waals surface area (Å²) in [6.45, 7) is 4.16. The van der Waals surface area contributed by atoms with Crippen LogP contribution < -0.4 is 14.8 Å². The molecule has 162 valence electrons. The molecule has 9 heteroatoms. The van der Waals surface area contributed by atoms with Crippen molar-refractivity contribution < 1.29 is 18.3 Å². The molecule has 2 aromatic rings. The number of allylic oxidation sites excluding steroid dienone is 1. The second-order valence-electron chi connectivity index (χ2n) is 8.61. The maximum Gasteiger partial charge on any atom is 0.289 e. The third-order valence-electron chi connectivity index (χ3n) is 6.53. The third-order valence-corrected chi connectivity index (χ3v) is 6.53. The van der Waals surface area contributed by atoms with Gasteiger partial charge in [0.05, 0.1) is 24.3 Å². The second kappa shape index (κ2) is 6.64. The molecule has 1 aromatic heterocycles. The number of fused-ring (bicyclic) bond motifs is 1. The second-order valence-corrected chi connectivity index (χ2v) is 8.61. The molecule has 1 aromatic carbocycles. The van der Waals surface area contributed by atoms with Crippen molar-refractivity contribution in [1.29, 1.82) is 10.5 Å². The van der Waals surface area contributed by atoms with E-state index in [1.165, 1.54) is 6.08 Å². The Kier molecular flexibility index (Phi) is 4.19. The first-order valence-electron chi connectivity index (χ1n) is 10.2. The van der Waals surface area contributed by atoms with Gasteiger partial charge in [-0.2, -0.15) is 20.5 Å². The van der Waals surface area contributed by atoms with Gasteiger partial charge in [0, 0.05) is 25.3 Å². The van der Waals surface area contributed by atoms with Crippen LogP contribution in [0.2, 0.25) is 0 Å². The van der Waals surface area contributed by atoms with Gasteiger partial charge < -0.3 is 14.8 Å². The van der Waals surface area contributed by atoms with Crippen LogP contribution >= 0.6 is 0 Å². The average molecular weight is 435 g/mol. The SMILES string of the molecule is Cc1cc(/C=C/C#N)cc(C)c1Oc1nc(NC23CC(C#N)(C2)C3(F)F)nc2c1CCO2. The van der Waals surface area contributed by atoms with Gasteiger partial charge in [0.1, 0.15) is 16.7 Å². The number of benzene rings is 1. The summed E-state index contributed by atoms with van der Waals surface area (Å²) in [6, 6.07) is 7.50. The van der Waals surface area contributed by atoms with Crippen LogP contribution in [0.25, 0.3) is 6.08 Å². The molecule has 2 heterocycles. The number of hydrogen-bond donors (Lipinski definition) is 1. The Morgan fingerprint density at radius 1 is 1.19 bits per heavy atom. The van der Waals surface area contributed by atoms with E-state index in [0.29, 0.717) is 30.2 Å². The lowest BCUT2D eigenvalue weighted by molar-refractivity contribution is -0.324. The van der Waals surface area contributed by atoms with Crippen LogP contribution in [0, 0.1) is 41.9 Å². The highest BCUT2D eigenvalue weighted by molar-refractivity contribution is 5.59. The van der Waals surface area contributed by atoms with Gasteiger partial charge in [-0.1, -0.05) is 0 Å². The van der Waals surface area contributed by atoms with Gasteiger partial charge in [-0.25, -0.2) is 8.78 Å². The van der Waals surface area contributed by atoms with E-state index >= 15 is 0 Å². The Morgan fingerprint density at radius 3 is 2.53 bits per heavy atom. The lowest BCUT2D eigenvalue weighted by Gasteiger charge is -2.71. The highest BCUT2D eigenvalue weighted by atomic mass is 19.3. The zero-order valence-electron chi connectivity index (χ0n) is 17.5. The van der Waals surface area contributed by atoms with Crippen LogP contribution in [0.4, 0.5) is 14.7 Å². The van der Waals surface area contributed by atoms with Crippen molar-refractivity contribution in [3.05, 3.63) is 40.5 Å². The van der Waals surface area contributed by atoms with Gasteiger partial charge in [0.25, 0.3) is 5.92 Å². The minimum absolute atomic E-state index is 0.00422. The van der Waals surface area contributed by atoms with Crippen LogP contribution in [0.5, 0.6) is 17.5 Å². The molecule has 7 nitrogen and oxygen atoms in total. The van der Waals surface area contributed by atoms with Crippen LogP contribution in [-0.2, 0) is 6.42 Å². The molecule has 32 heavy (non-hydrogen) atoms. The molecule has 0 unspecified atom stereocenters. The number of ether oxygens (including phenoxy) is 2. The molecule has 0 saturated heterocycles. The van der Waals surface area contributed by atoms with Crippen LogP contribution in [0.3, 0.4) is 0 Å². The lowest BCUT2D eigenvalue weighted by Crippen LogP contribution is -2.86. The number of nitrogens with zero attached hydrogens (tertiary/aromatic N) is 4. The fourth-order valence-corrected chi connectivity index (χ4v) is 4.84. The third kappa shape index (κ3) is 2.61. The molecule has 3 saturated carbocycles. The number of halogens is 2. The molecular weight excluding hydrogens is 416 g/mol. The zero-order valence-corrected chi connectivity index (χ0v) is 17.5. The van der Waals surface area contributed by atoms with Crippen molar-refractivity contribution in [1.82, 2.24) is 9.97 Å². The number of anilines is 1. The van der Waals surface area contributed by atoms with E-state index in [2.05, 4.69) is 15.3 Å². The number of nitrogens with one attached hydrogen (secondary N) is 1. The molecule has 1 aliphatic heterocycles. The van der Waals surface area contributed by atoms with Gasteiger partial charge in [0.2, 0.25) is 17.7 Å². The van der Waals surface area contributed by atoms with Crippen molar-refractivity contribution in [2.45, 2.75) is 44.6 Å². The van der Waals surface area contributed by atoms with E-state index < -0.39 is 16.9 Å². The van der Waals surface area contributed by atoms with Gasteiger partial charge >= 0.3 is 0 Å². The molecule has 6 rings (SSSR count). The standard InChI is InChI=1S/C23H19F2N5O2/c1-13-8-15(4-3-6-26)9-14(2)17(13)32-19-16-5-7-31-18(16)28-20(29-19)30-22-10-21(11-22,12-27)23(22,24)25/h3-4,8-9H,5,7,10-11H2,1-2H3,(H,28,29,30)/b4-3+. The summed E-state index contributed by atoms with van der Waals surface area (Å²) in [4.78, 5) is 8.68. The fourth-order valence-electron chi connectivity index (χ4n) is 4.84. The first-order chi connectivity index (χ1) is 15.2. The number of hydrogen-bond acceptors (Lipinski definition) is 7. The zero-order chi connectivity index (χ0) is 22.7. The Balaban J connectivity index is 1.46. The summed E-state index contributed by atoms with van der Waals surface area (Å²) >= 11 is 0. The minimum atomic E-state index is -3.14. The van der Waals surface area contributed by atoms with E-state index in [-0.39, 0.29) is 24.7 Å². The molecule has 3 fully saturated rings. The first-order valence-corrected chi connectivity index (χ1v) is 10.2. The molecule has 0 atom stereocenters. The molecule has 0 amide bonds. The van der Waals surface area contributed by atoms with Crippen LogP contribution in [0.1, 0.15) is 35.1 Å². The summed E-state index contributed by atoms with van der Waals surface area (Å²) in [5, 5.41) is 20.6. The number of nitriles is 2. The number of alkyl halides is 2. The molecule has 0 radical (unpaired) electrons. The smallest absolute Gasteiger partial charge is 0.289 e. The van der Waals surface area contributed by atoms with Crippen LogP contribution in [-0.4, -0.2) is 28.0 Å². The molecule has 4 aliphatic rings. The Labute approximate surface area is 183 Å². The number of aryl methyl sites for hydroxylation is 2. The highest BCUT2D eigenvalue weighted by Gasteiger charge is 2.90. The topological polar surface area (TPSA) is 104 Å². The number of aromatic nitrogens is 2. The molecule has 0 spiro atoms. The highest BCUT2D eigenvalue weighted by Crippen LogP contribution is 2.76. The predicted molar refractivity (Wildman–Crippen MR) is 110 cm³/mol. The van der Waals surface area contributed by atoms with Crippen molar-refractivity contribution in [3.8, 4) is 29.6 Å². The molecule has 3 aliphatic carbocycles. The molecular formula is C23H19F2N5O2. The average Bonchev–Trinajstić information content (AvgIpc) is 3.20. The van der Waals surface area contributed by atoms with Crippen molar-refractivity contribution in [2.75, 3.05) is 11.9 Å². The molecule has 1 N–H and O–H groups in total. The Bertz CT molecular complexity index is 1230. The maximum absolute atomic E-state index is 14.5. The Hall–Kier alpha value is -3.72. The summed E-state index contributed by atoms with van der Waals surface area (Å²) < 4.78 is 40.7. The van der Waals surface area contributed by atoms with E-state index in [4.69, 9.17) is 20.0 Å². The largest absolute Gasteiger partial charge is 0.477 e. The summed E-state index contributed by atoms with van der Waals surface area (Å²) in [5.74, 6) is -1.98. The fraction of sp³-hybridized carbons (Fsp3) is 0.391. The Morgan fingerprint density at radius 2 is 1.91 bits per heavy atom. The maximum atomic E-state index is 14.5. The lowest BCUT2D eigenvalue weighted by atomic mass is 9.37. The number of rotatable bonds is 5. The first kappa shape index (κ1) is 20.2. The van der Waals surface area contributed by atoms with E-state index in [1.807, 2.05) is 32.0 Å². The summed E-state index contributed by atoms with van der Waals surface area (Å²) in [6.07, 6.45) is 3.76. The van der Waals surface area contributed by atoms with Crippen molar-refractivity contribution in [2.24, 2.45) is 5.41 Å².